The predicted octanol–water partition coefficient (Wildman–Crippen LogP) is 3.16. The number of piperazine rings is 1. The van der Waals surface area contributed by atoms with E-state index in [4.69, 9.17) is 4.98 Å². The molecule has 0 amide bonds. The minimum atomic E-state index is 0.616. The quantitative estimate of drug-likeness (QED) is 0.895. The fraction of sp³-hybridized carbons (Fsp3) is 0.412. The molecule has 4 nitrogen and oxygen atoms in total. The third-order valence-electron chi connectivity index (χ3n) is 4.48. The van der Waals surface area contributed by atoms with E-state index in [2.05, 4.69) is 49.3 Å². The van der Waals surface area contributed by atoms with Crippen LogP contribution in [0.15, 0.2) is 34.8 Å². The second kappa shape index (κ2) is 5.63. The van der Waals surface area contributed by atoms with Crippen molar-refractivity contribution in [2.24, 2.45) is 0 Å². The average Bonchev–Trinajstić information content (AvgIpc) is 2.85. The van der Waals surface area contributed by atoms with Crippen molar-refractivity contribution in [2.75, 3.05) is 18.0 Å². The smallest absolute Gasteiger partial charge is 0.161 e. The third-order valence-corrected chi connectivity index (χ3v) is 5.01. The zero-order valence-electron chi connectivity index (χ0n) is 12.6. The number of aromatic nitrogens is 2. The molecule has 2 fully saturated rings. The molecule has 2 saturated heterocycles. The maximum absolute atomic E-state index is 4.83. The van der Waals surface area contributed by atoms with Gasteiger partial charge in [-0.2, -0.15) is 0 Å². The van der Waals surface area contributed by atoms with Gasteiger partial charge in [-0.3, -0.25) is 0 Å². The van der Waals surface area contributed by atoms with Crippen LogP contribution in [0.5, 0.6) is 0 Å². The molecule has 5 heteroatoms. The highest BCUT2D eigenvalue weighted by molar-refractivity contribution is 9.10. The highest BCUT2D eigenvalue weighted by atomic mass is 79.9. The van der Waals surface area contributed by atoms with Gasteiger partial charge in [0, 0.05) is 47.0 Å². The van der Waals surface area contributed by atoms with E-state index in [-0.39, 0.29) is 0 Å². The molecule has 1 aromatic carbocycles. The summed E-state index contributed by atoms with van der Waals surface area (Å²) in [7, 11) is 0. The van der Waals surface area contributed by atoms with Crippen LogP contribution < -0.4 is 10.2 Å². The molecule has 2 bridgehead atoms. The molecule has 0 spiro atoms. The second-order valence-electron chi connectivity index (χ2n) is 6.24. The Kier molecular flexibility index (Phi) is 3.62. The van der Waals surface area contributed by atoms with Gasteiger partial charge in [0.2, 0.25) is 0 Å². The molecule has 2 atom stereocenters. The van der Waals surface area contributed by atoms with Crippen LogP contribution in [0.1, 0.15) is 18.5 Å². The van der Waals surface area contributed by atoms with Gasteiger partial charge >= 0.3 is 0 Å². The van der Waals surface area contributed by atoms with Crippen LogP contribution in [0.25, 0.3) is 11.4 Å². The Hall–Kier alpha value is -1.46. The molecule has 22 heavy (non-hydrogen) atoms. The number of benzene rings is 1. The van der Waals surface area contributed by atoms with E-state index in [9.17, 15) is 0 Å². The van der Waals surface area contributed by atoms with Crippen LogP contribution in [-0.4, -0.2) is 35.1 Å². The molecule has 2 unspecified atom stereocenters. The third kappa shape index (κ3) is 2.75. The first kappa shape index (κ1) is 14.2. The first-order chi connectivity index (χ1) is 10.7. The van der Waals surface area contributed by atoms with Gasteiger partial charge in [-0.1, -0.05) is 28.1 Å². The maximum Gasteiger partial charge on any atom is 0.161 e. The monoisotopic (exact) mass is 358 g/mol. The lowest BCUT2D eigenvalue weighted by molar-refractivity contribution is 0.463. The molecule has 0 saturated carbocycles. The van der Waals surface area contributed by atoms with Crippen LogP contribution in [0.3, 0.4) is 0 Å². The Morgan fingerprint density at radius 3 is 2.45 bits per heavy atom. The second-order valence-corrected chi connectivity index (χ2v) is 7.16. The van der Waals surface area contributed by atoms with Crippen molar-refractivity contribution in [1.29, 1.82) is 0 Å². The zero-order valence-corrected chi connectivity index (χ0v) is 14.2. The standard InChI is InChI=1S/C17H19BrN4/c1-11-8-16(22-9-14-6-7-15(10-22)20-14)21-17(19-11)12-2-4-13(18)5-3-12/h2-5,8,14-15,20H,6-7,9-10H2,1H3. The van der Waals surface area contributed by atoms with E-state index >= 15 is 0 Å². The van der Waals surface area contributed by atoms with Crippen LogP contribution in [0.4, 0.5) is 5.82 Å². The number of fused-ring (bicyclic) bond motifs is 2. The normalized spacial score (nSPS) is 23.8. The Morgan fingerprint density at radius 2 is 1.77 bits per heavy atom. The number of anilines is 1. The topological polar surface area (TPSA) is 41.0 Å². The van der Waals surface area contributed by atoms with Gasteiger partial charge in [0.25, 0.3) is 0 Å². The Bertz CT molecular complexity index is 674. The molecule has 2 aromatic rings. The van der Waals surface area contributed by atoms with Crippen LogP contribution in [-0.2, 0) is 0 Å². The lowest BCUT2D eigenvalue weighted by Crippen LogP contribution is -2.51. The van der Waals surface area contributed by atoms with Crippen LogP contribution >= 0.6 is 15.9 Å². The molecule has 4 rings (SSSR count). The van der Waals surface area contributed by atoms with E-state index in [1.165, 1.54) is 12.8 Å². The van der Waals surface area contributed by atoms with E-state index < -0.39 is 0 Å². The predicted molar refractivity (Wildman–Crippen MR) is 92.1 cm³/mol. The molecule has 114 valence electrons. The molecule has 2 aliphatic rings. The van der Waals surface area contributed by atoms with E-state index in [0.717, 1.165) is 40.5 Å². The Labute approximate surface area is 139 Å². The number of halogens is 1. The van der Waals surface area contributed by atoms with Crippen molar-refractivity contribution in [2.45, 2.75) is 31.8 Å². The lowest BCUT2D eigenvalue weighted by atomic mass is 10.2. The van der Waals surface area contributed by atoms with Crippen molar-refractivity contribution in [1.82, 2.24) is 15.3 Å². The Balaban J connectivity index is 1.67. The highest BCUT2D eigenvalue weighted by Gasteiger charge is 2.32. The van der Waals surface area contributed by atoms with Gasteiger partial charge in [0.05, 0.1) is 0 Å². The summed E-state index contributed by atoms with van der Waals surface area (Å²) >= 11 is 3.47. The highest BCUT2D eigenvalue weighted by Crippen LogP contribution is 2.26. The number of hydrogen-bond donors (Lipinski definition) is 1. The lowest BCUT2D eigenvalue weighted by Gasteiger charge is -2.34. The number of hydrogen-bond acceptors (Lipinski definition) is 4. The fourth-order valence-corrected chi connectivity index (χ4v) is 3.69. The minimum Gasteiger partial charge on any atom is -0.353 e. The molecule has 1 N–H and O–H groups in total. The molecule has 0 radical (unpaired) electrons. The number of aryl methyl sites for hydroxylation is 1. The van der Waals surface area contributed by atoms with Crippen molar-refractivity contribution < 1.29 is 0 Å². The summed E-state index contributed by atoms with van der Waals surface area (Å²) in [6.45, 7) is 4.14. The van der Waals surface area contributed by atoms with Crippen LogP contribution in [0, 0.1) is 6.92 Å². The minimum absolute atomic E-state index is 0.616. The van der Waals surface area contributed by atoms with E-state index in [0.29, 0.717) is 12.1 Å². The molecule has 2 aliphatic heterocycles. The molecule has 0 aliphatic carbocycles. The fourth-order valence-electron chi connectivity index (χ4n) is 3.43. The zero-order chi connectivity index (χ0) is 15.1. The molecular formula is C17H19BrN4. The first-order valence-corrected chi connectivity index (χ1v) is 8.59. The van der Waals surface area contributed by atoms with E-state index in [1.807, 2.05) is 19.1 Å². The first-order valence-electron chi connectivity index (χ1n) is 7.80. The SMILES string of the molecule is Cc1cc(N2CC3CCC(C2)N3)nc(-c2ccc(Br)cc2)n1. The van der Waals surface area contributed by atoms with Crippen molar-refractivity contribution in [3.8, 4) is 11.4 Å². The average molecular weight is 359 g/mol. The molecule has 1 aromatic heterocycles. The van der Waals surface area contributed by atoms with Gasteiger partial charge in [0.1, 0.15) is 5.82 Å². The van der Waals surface area contributed by atoms with Gasteiger partial charge in [-0.05, 0) is 31.9 Å². The summed E-state index contributed by atoms with van der Waals surface area (Å²) in [5.41, 5.74) is 2.08. The summed E-state index contributed by atoms with van der Waals surface area (Å²) in [5, 5.41) is 3.67. The van der Waals surface area contributed by atoms with E-state index in [1.54, 1.807) is 0 Å². The summed E-state index contributed by atoms with van der Waals surface area (Å²) in [6.07, 6.45) is 2.57. The summed E-state index contributed by atoms with van der Waals surface area (Å²) in [5.74, 6) is 1.87. The van der Waals surface area contributed by atoms with Crippen molar-refractivity contribution in [3.05, 3.63) is 40.5 Å². The van der Waals surface area contributed by atoms with Gasteiger partial charge in [0.15, 0.2) is 5.82 Å². The number of rotatable bonds is 2. The molecular weight excluding hydrogens is 340 g/mol. The largest absolute Gasteiger partial charge is 0.353 e. The summed E-state index contributed by atoms with van der Waals surface area (Å²) < 4.78 is 1.07. The van der Waals surface area contributed by atoms with Crippen molar-refractivity contribution in [3.63, 3.8) is 0 Å². The maximum atomic E-state index is 4.83. The number of nitrogens with one attached hydrogen (secondary N) is 1. The van der Waals surface area contributed by atoms with Crippen LogP contribution in [0.2, 0.25) is 0 Å². The summed E-state index contributed by atoms with van der Waals surface area (Å²) in [6, 6.07) is 11.5. The van der Waals surface area contributed by atoms with Gasteiger partial charge in [-0.15, -0.1) is 0 Å². The van der Waals surface area contributed by atoms with Crippen molar-refractivity contribution >= 4 is 21.7 Å². The summed E-state index contributed by atoms with van der Waals surface area (Å²) in [4.78, 5) is 11.9. The molecule has 3 heterocycles. The number of nitrogens with zero attached hydrogens (tertiary/aromatic N) is 3. The van der Waals surface area contributed by atoms with Gasteiger partial charge < -0.3 is 10.2 Å². The Morgan fingerprint density at radius 1 is 1.09 bits per heavy atom. The van der Waals surface area contributed by atoms with Gasteiger partial charge in [-0.25, -0.2) is 9.97 Å².